The first-order valence-corrected chi connectivity index (χ1v) is 4.32. The zero-order valence-corrected chi connectivity index (χ0v) is 6.59. The van der Waals surface area contributed by atoms with Crippen molar-refractivity contribution in [2.75, 3.05) is 12.9 Å². The van der Waals surface area contributed by atoms with Crippen molar-refractivity contribution in [3.63, 3.8) is 0 Å². The van der Waals surface area contributed by atoms with Crippen molar-refractivity contribution in [1.82, 2.24) is 0 Å². The molecule has 1 rings (SSSR count). The average molecular weight is 168 g/mol. The van der Waals surface area contributed by atoms with E-state index in [1.165, 1.54) is 12.0 Å². The van der Waals surface area contributed by atoms with Crippen molar-refractivity contribution in [3.05, 3.63) is 0 Å². The van der Waals surface area contributed by atoms with E-state index in [4.69, 9.17) is 4.18 Å². The van der Waals surface area contributed by atoms with E-state index in [-0.39, 0.29) is 18.8 Å². The van der Waals surface area contributed by atoms with Crippen molar-refractivity contribution >= 4 is 12.0 Å². The Balaban J connectivity index is 2.03. The van der Waals surface area contributed by atoms with Gasteiger partial charge in [0.2, 0.25) is 5.92 Å². The molecule has 0 amide bonds. The summed E-state index contributed by atoms with van der Waals surface area (Å²) in [5, 5.41) is 0. The standard InChI is InChI=1S/C6H10F2OS/c1-10-9-4-5-2-6(7,8)3-5/h5H,2-4H2,1H3. The van der Waals surface area contributed by atoms with Crippen molar-refractivity contribution < 1.29 is 13.0 Å². The van der Waals surface area contributed by atoms with Crippen molar-refractivity contribution in [2.45, 2.75) is 18.8 Å². The first-order chi connectivity index (χ1) is 4.64. The van der Waals surface area contributed by atoms with E-state index in [0.717, 1.165) is 0 Å². The molecule has 0 spiro atoms. The molecule has 0 N–H and O–H groups in total. The third kappa shape index (κ3) is 2.09. The maximum absolute atomic E-state index is 12.2. The van der Waals surface area contributed by atoms with E-state index in [1.807, 2.05) is 0 Å². The Morgan fingerprint density at radius 3 is 2.60 bits per heavy atom. The highest BCUT2D eigenvalue weighted by Gasteiger charge is 2.45. The van der Waals surface area contributed by atoms with Crippen LogP contribution in [0.3, 0.4) is 0 Å². The summed E-state index contributed by atoms with van der Waals surface area (Å²) in [5.74, 6) is -2.31. The largest absolute Gasteiger partial charge is 0.315 e. The van der Waals surface area contributed by atoms with Crippen LogP contribution < -0.4 is 0 Å². The van der Waals surface area contributed by atoms with Gasteiger partial charge in [-0.1, -0.05) is 0 Å². The van der Waals surface area contributed by atoms with Gasteiger partial charge in [-0.15, -0.1) is 0 Å². The molecule has 0 unspecified atom stereocenters. The summed E-state index contributed by atoms with van der Waals surface area (Å²) in [7, 11) is 0. The molecule has 0 bridgehead atoms. The first-order valence-electron chi connectivity index (χ1n) is 3.17. The van der Waals surface area contributed by atoms with Crippen LogP contribution in [0.4, 0.5) is 8.78 Å². The minimum Gasteiger partial charge on any atom is -0.315 e. The van der Waals surface area contributed by atoms with E-state index >= 15 is 0 Å². The fraction of sp³-hybridized carbons (Fsp3) is 1.00. The van der Waals surface area contributed by atoms with Gasteiger partial charge in [0, 0.05) is 19.1 Å². The molecule has 1 nitrogen and oxygen atoms in total. The summed E-state index contributed by atoms with van der Waals surface area (Å²) in [6.07, 6.45) is 1.80. The van der Waals surface area contributed by atoms with Crippen LogP contribution in [0.2, 0.25) is 0 Å². The van der Waals surface area contributed by atoms with Gasteiger partial charge in [-0.05, 0) is 18.0 Å². The maximum Gasteiger partial charge on any atom is 0.248 e. The van der Waals surface area contributed by atoms with Crippen molar-refractivity contribution in [3.8, 4) is 0 Å². The predicted molar refractivity (Wildman–Crippen MR) is 37.1 cm³/mol. The maximum atomic E-state index is 12.2. The Hall–Kier alpha value is 0.170. The Kier molecular flexibility index (Phi) is 2.52. The molecule has 1 aliphatic carbocycles. The van der Waals surface area contributed by atoms with Gasteiger partial charge in [0.25, 0.3) is 0 Å². The fourth-order valence-corrected chi connectivity index (χ4v) is 1.40. The lowest BCUT2D eigenvalue weighted by atomic mass is 9.82. The smallest absolute Gasteiger partial charge is 0.248 e. The molecule has 0 aromatic rings. The van der Waals surface area contributed by atoms with E-state index in [2.05, 4.69) is 0 Å². The highest BCUT2D eigenvalue weighted by Crippen LogP contribution is 2.42. The lowest BCUT2D eigenvalue weighted by Crippen LogP contribution is -2.37. The third-order valence-electron chi connectivity index (χ3n) is 1.60. The monoisotopic (exact) mass is 168 g/mol. The van der Waals surface area contributed by atoms with E-state index < -0.39 is 5.92 Å². The molecule has 0 heterocycles. The van der Waals surface area contributed by atoms with E-state index in [0.29, 0.717) is 6.61 Å². The summed E-state index contributed by atoms with van der Waals surface area (Å²) < 4.78 is 29.2. The van der Waals surface area contributed by atoms with Crippen LogP contribution in [-0.2, 0) is 4.18 Å². The van der Waals surface area contributed by atoms with Gasteiger partial charge in [-0.25, -0.2) is 8.78 Å². The molecule has 1 saturated carbocycles. The topological polar surface area (TPSA) is 9.23 Å². The van der Waals surface area contributed by atoms with E-state index in [9.17, 15) is 8.78 Å². The molecular formula is C6H10F2OS. The van der Waals surface area contributed by atoms with Crippen LogP contribution in [-0.4, -0.2) is 18.8 Å². The lowest BCUT2D eigenvalue weighted by Gasteiger charge is -2.34. The summed E-state index contributed by atoms with van der Waals surface area (Å²) in [5.41, 5.74) is 0. The molecule has 0 saturated heterocycles. The number of hydrogen-bond acceptors (Lipinski definition) is 2. The molecule has 10 heavy (non-hydrogen) atoms. The second kappa shape index (κ2) is 3.05. The van der Waals surface area contributed by atoms with Gasteiger partial charge >= 0.3 is 0 Å². The molecule has 0 aromatic heterocycles. The zero-order valence-electron chi connectivity index (χ0n) is 5.77. The molecule has 0 aliphatic heterocycles. The molecule has 0 atom stereocenters. The van der Waals surface area contributed by atoms with Gasteiger partial charge in [0.15, 0.2) is 0 Å². The Morgan fingerprint density at radius 1 is 1.60 bits per heavy atom. The lowest BCUT2D eigenvalue weighted by molar-refractivity contribution is -0.117. The molecule has 0 radical (unpaired) electrons. The van der Waals surface area contributed by atoms with E-state index in [1.54, 1.807) is 6.26 Å². The van der Waals surface area contributed by atoms with Crippen LogP contribution in [0, 0.1) is 5.92 Å². The average Bonchev–Trinajstić information content (AvgIpc) is 1.78. The van der Waals surface area contributed by atoms with Crippen molar-refractivity contribution in [2.24, 2.45) is 5.92 Å². The van der Waals surface area contributed by atoms with Crippen LogP contribution in [0.15, 0.2) is 0 Å². The zero-order chi connectivity index (χ0) is 7.61. The Morgan fingerprint density at radius 2 is 2.20 bits per heavy atom. The predicted octanol–water partition coefficient (Wildman–Crippen LogP) is 2.33. The van der Waals surface area contributed by atoms with Crippen LogP contribution in [0.25, 0.3) is 0 Å². The molecule has 1 aliphatic rings. The molecule has 4 heteroatoms. The molecule has 1 fully saturated rings. The highest BCUT2D eigenvalue weighted by atomic mass is 32.2. The molecular weight excluding hydrogens is 158 g/mol. The SMILES string of the molecule is CSOCC1CC(F)(F)C1. The minimum absolute atomic E-state index is 0.00750. The van der Waals surface area contributed by atoms with Crippen LogP contribution >= 0.6 is 12.0 Å². The highest BCUT2D eigenvalue weighted by molar-refractivity contribution is 7.93. The summed E-state index contributed by atoms with van der Waals surface area (Å²) in [6, 6.07) is 0. The Labute approximate surface area is 63.3 Å². The van der Waals surface area contributed by atoms with Crippen LogP contribution in [0.1, 0.15) is 12.8 Å². The Bertz CT molecular complexity index is 110. The molecule has 60 valence electrons. The van der Waals surface area contributed by atoms with Gasteiger partial charge in [0.1, 0.15) is 0 Å². The molecule has 0 aromatic carbocycles. The third-order valence-corrected chi connectivity index (χ3v) is 1.97. The number of halogens is 2. The van der Waals surface area contributed by atoms with Gasteiger partial charge < -0.3 is 4.18 Å². The van der Waals surface area contributed by atoms with Gasteiger partial charge in [0.05, 0.1) is 6.61 Å². The number of rotatable bonds is 3. The summed E-state index contributed by atoms with van der Waals surface area (Å²) in [6.45, 7) is 0.469. The second-order valence-electron chi connectivity index (χ2n) is 2.58. The summed E-state index contributed by atoms with van der Waals surface area (Å²) >= 11 is 1.23. The number of alkyl halides is 2. The second-order valence-corrected chi connectivity index (χ2v) is 3.15. The fourth-order valence-electron chi connectivity index (χ4n) is 1.07. The number of hydrogen-bond donors (Lipinski definition) is 0. The minimum atomic E-state index is -2.40. The first kappa shape index (κ1) is 8.27. The van der Waals surface area contributed by atoms with Crippen molar-refractivity contribution in [1.29, 1.82) is 0 Å². The van der Waals surface area contributed by atoms with Crippen LogP contribution in [0.5, 0.6) is 0 Å². The van der Waals surface area contributed by atoms with Gasteiger partial charge in [-0.2, -0.15) is 0 Å². The summed E-state index contributed by atoms with van der Waals surface area (Å²) in [4.78, 5) is 0. The van der Waals surface area contributed by atoms with Gasteiger partial charge in [-0.3, -0.25) is 0 Å². The quantitative estimate of drug-likeness (QED) is 0.598. The normalized spacial score (nSPS) is 24.3.